The van der Waals surface area contributed by atoms with E-state index in [1.807, 2.05) is 0 Å². The molecule has 0 aliphatic rings. The Morgan fingerprint density at radius 3 is 2.69 bits per heavy atom. The van der Waals surface area contributed by atoms with Crippen LogP contribution in [0.1, 0.15) is 12.6 Å². The number of nitrogens with zero attached hydrogens (tertiary/aromatic N) is 1. The molecular formula is C20H20N2O6S. The minimum absolute atomic E-state index is 0.0365. The predicted octanol–water partition coefficient (Wildman–Crippen LogP) is 3.53. The summed E-state index contributed by atoms with van der Waals surface area (Å²) in [6, 6.07) is 8.52. The topological polar surface area (TPSA) is 99.9 Å². The number of anilines is 1. The van der Waals surface area contributed by atoms with Gasteiger partial charge in [-0.05, 0) is 31.2 Å². The zero-order valence-electron chi connectivity index (χ0n) is 16.1. The number of thiazole rings is 1. The van der Waals surface area contributed by atoms with E-state index < -0.39 is 18.0 Å². The monoisotopic (exact) mass is 416 g/mol. The molecule has 0 aliphatic carbocycles. The van der Waals surface area contributed by atoms with Gasteiger partial charge in [-0.1, -0.05) is 0 Å². The lowest BCUT2D eigenvalue weighted by atomic mass is 10.2. The van der Waals surface area contributed by atoms with Crippen LogP contribution in [0, 0.1) is 0 Å². The third-order valence-electron chi connectivity index (χ3n) is 3.94. The number of esters is 1. The zero-order valence-corrected chi connectivity index (χ0v) is 16.9. The van der Waals surface area contributed by atoms with Crippen LogP contribution in [0.15, 0.2) is 46.4 Å². The molecule has 2 aromatic heterocycles. The van der Waals surface area contributed by atoms with E-state index in [-0.39, 0.29) is 6.42 Å². The van der Waals surface area contributed by atoms with Gasteiger partial charge in [-0.3, -0.25) is 9.59 Å². The lowest BCUT2D eigenvalue weighted by molar-refractivity contribution is -0.152. The van der Waals surface area contributed by atoms with Crippen molar-refractivity contribution in [3.63, 3.8) is 0 Å². The molecule has 1 amide bonds. The number of benzene rings is 1. The van der Waals surface area contributed by atoms with Crippen molar-refractivity contribution >= 4 is 28.9 Å². The number of aromatic nitrogens is 1. The molecule has 8 nitrogen and oxygen atoms in total. The molecule has 0 saturated carbocycles. The van der Waals surface area contributed by atoms with Crippen LogP contribution in [0.3, 0.4) is 0 Å². The maximum absolute atomic E-state index is 12.3. The second-order valence-corrected chi connectivity index (χ2v) is 6.85. The van der Waals surface area contributed by atoms with Gasteiger partial charge in [-0.15, -0.1) is 11.3 Å². The average molecular weight is 416 g/mol. The molecule has 1 N–H and O–H groups in total. The summed E-state index contributed by atoms with van der Waals surface area (Å²) in [6.07, 6.45) is 0.549. The average Bonchev–Trinajstić information content (AvgIpc) is 3.39. The number of hydrogen-bond donors (Lipinski definition) is 1. The van der Waals surface area contributed by atoms with Crippen molar-refractivity contribution in [2.24, 2.45) is 0 Å². The summed E-state index contributed by atoms with van der Waals surface area (Å²) in [4.78, 5) is 28.8. The molecule has 0 bridgehead atoms. The number of ether oxygens (including phenoxy) is 3. The molecule has 0 aliphatic heterocycles. The molecule has 3 rings (SSSR count). The van der Waals surface area contributed by atoms with Crippen LogP contribution in [-0.4, -0.2) is 37.2 Å². The lowest BCUT2D eigenvalue weighted by Crippen LogP contribution is -2.30. The number of hydrogen-bond acceptors (Lipinski definition) is 8. The highest BCUT2D eigenvalue weighted by molar-refractivity contribution is 7.13. The summed E-state index contributed by atoms with van der Waals surface area (Å²) in [5.74, 6) is 0.654. The smallest absolute Gasteiger partial charge is 0.312 e. The van der Waals surface area contributed by atoms with E-state index in [1.165, 1.54) is 32.5 Å². The van der Waals surface area contributed by atoms with Crippen LogP contribution >= 0.6 is 11.3 Å². The standard InChI is InChI=1S/C20H20N2O6S/c1-12(19(24)21-13-6-7-15(25-2)17(9-13)26-3)28-18(23)10-14-11-29-20(22-14)16-5-4-8-27-16/h4-9,11-12H,10H2,1-3H3,(H,21,24). The van der Waals surface area contributed by atoms with Gasteiger partial charge >= 0.3 is 5.97 Å². The molecular weight excluding hydrogens is 396 g/mol. The van der Waals surface area contributed by atoms with Gasteiger partial charge in [0.2, 0.25) is 0 Å². The molecule has 1 atom stereocenters. The zero-order chi connectivity index (χ0) is 20.8. The molecule has 2 heterocycles. The summed E-state index contributed by atoms with van der Waals surface area (Å²) in [5.41, 5.74) is 1.05. The van der Waals surface area contributed by atoms with E-state index in [4.69, 9.17) is 18.6 Å². The molecule has 0 spiro atoms. The van der Waals surface area contributed by atoms with E-state index in [1.54, 1.807) is 42.0 Å². The fraction of sp³-hybridized carbons (Fsp3) is 0.250. The van der Waals surface area contributed by atoms with Crippen LogP contribution in [0.25, 0.3) is 10.8 Å². The number of rotatable bonds is 8. The van der Waals surface area contributed by atoms with Crippen molar-refractivity contribution in [3.8, 4) is 22.3 Å². The minimum atomic E-state index is -0.973. The Kier molecular flexibility index (Phi) is 6.50. The second-order valence-electron chi connectivity index (χ2n) is 5.99. The van der Waals surface area contributed by atoms with Crippen molar-refractivity contribution in [1.29, 1.82) is 0 Å². The largest absolute Gasteiger partial charge is 0.493 e. The first-order valence-electron chi connectivity index (χ1n) is 8.70. The summed E-state index contributed by atoms with van der Waals surface area (Å²) in [7, 11) is 3.03. The van der Waals surface area contributed by atoms with Crippen LogP contribution < -0.4 is 14.8 Å². The van der Waals surface area contributed by atoms with Crippen molar-refractivity contribution in [1.82, 2.24) is 4.98 Å². The third-order valence-corrected chi connectivity index (χ3v) is 4.84. The number of furan rings is 1. The first-order chi connectivity index (χ1) is 14.0. The molecule has 152 valence electrons. The predicted molar refractivity (Wildman–Crippen MR) is 107 cm³/mol. The first kappa shape index (κ1) is 20.4. The fourth-order valence-corrected chi connectivity index (χ4v) is 3.29. The molecule has 29 heavy (non-hydrogen) atoms. The highest BCUT2D eigenvalue weighted by Gasteiger charge is 2.20. The quantitative estimate of drug-likeness (QED) is 0.561. The molecule has 0 saturated heterocycles. The van der Waals surface area contributed by atoms with Gasteiger partial charge < -0.3 is 23.9 Å². The van der Waals surface area contributed by atoms with Gasteiger partial charge in [0.25, 0.3) is 5.91 Å². The minimum Gasteiger partial charge on any atom is -0.493 e. The SMILES string of the molecule is COc1ccc(NC(=O)C(C)OC(=O)Cc2csc(-c3ccco3)n2)cc1OC. The van der Waals surface area contributed by atoms with Crippen molar-refractivity contribution < 1.29 is 28.2 Å². The first-order valence-corrected chi connectivity index (χ1v) is 9.58. The fourth-order valence-electron chi connectivity index (χ4n) is 2.50. The Bertz CT molecular complexity index is 983. The summed E-state index contributed by atoms with van der Waals surface area (Å²) >= 11 is 1.37. The van der Waals surface area contributed by atoms with Crippen molar-refractivity contribution in [3.05, 3.63) is 47.7 Å². The van der Waals surface area contributed by atoms with Gasteiger partial charge in [0.1, 0.15) is 0 Å². The van der Waals surface area contributed by atoms with Crippen molar-refractivity contribution in [2.45, 2.75) is 19.4 Å². The Morgan fingerprint density at radius 1 is 1.21 bits per heavy atom. The number of nitrogens with one attached hydrogen (secondary N) is 1. The van der Waals surface area contributed by atoms with Crippen LogP contribution in [-0.2, 0) is 20.7 Å². The molecule has 9 heteroatoms. The summed E-state index contributed by atoms with van der Waals surface area (Å²) in [6.45, 7) is 1.50. The summed E-state index contributed by atoms with van der Waals surface area (Å²) < 4.78 is 20.9. The van der Waals surface area contributed by atoms with Crippen LogP contribution in [0.4, 0.5) is 5.69 Å². The molecule has 3 aromatic rings. The highest BCUT2D eigenvalue weighted by Crippen LogP contribution is 2.30. The van der Waals surface area contributed by atoms with Gasteiger partial charge in [-0.25, -0.2) is 4.98 Å². The maximum atomic E-state index is 12.3. The third kappa shape index (κ3) is 5.14. The number of amides is 1. The Hall–Kier alpha value is -3.33. The Labute approximate surface area is 171 Å². The molecule has 0 radical (unpaired) electrons. The van der Waals surface area contributed by atoms with Crippen molar-refractivity contribution in [2.75, 3.05) is 19.5 Å². The van der Waals surface area contributed by atoms with Crippen LogP contribution in [0.2, 0.25) is 0 Å². The maximum Gasteiger partial charge on any atom is 0.312 e. The van der Waals surface area contributed by atoms with E-state index in [0.29, 0.717) is 33.6 Å². The Morgan fingerprint density at radius 2 is 2.00 bits per heavy atom. The number of carbonyl (C=O) groups is 2. The van der Waals surface area contributed by atoms with Crippen LogP contribution in [0.5, 0.6) is 11.5 Å². The number of methoxy groups -OCH3 is 2. The van der Waals surface area contributed by atoms with E-state index >= 15 is 0 Å². The number of carbonyl (C=O) groups excluding carboxylic acids is 2. The molecule has 0 fully saturated rings. The second kappa shape index (κ2) is 9.24. The van der Waals surface area contributed by atoms with Gasteiger partial charge in [0, 0.05) is 17.1 Å². The lowest BCUT2D eigenvalue weighted by Gasteiger charge is -2.14. The normalized spacial score (nSPS) is 11.6. The Balaban J connectivity index is 1.54. The van der Waals surface area contributed by atoms with E-state index in [2.05, 4.69) is 10.3 Å². The van der Waals surface area contributed by atoms with Gasteiger partial charge in [0.05, 0.1) is 32.6 Å². The van der Waals surface area contributed by atoms with Gasteiger partial charge in [0.15, 0.2) is 28.4 Å². The van der Waals surface area contributed by atoms with E-state index in [0.717, 1.165) is 0 Å². The van der Waals surface area contributed by atoms with E-state index in [9.17, 15) is 9.59 Å². The molecule has 1 aromatic carbocycles. The van der Waals surface area contributed by atoms with Gasteiger partial charge in [-0.2, -0.15) is 0 Å². The summed E-state index contributed by atoms with van der Waals surface area (Å²) in [5, 5.41) is 5.12. The molecule has 1 unspecified atom stereocenters. The highest BCUT2D eigenvalue weighted by atomic mass is 32.1.